The minimum Gasteiger partial charge on any atom is -0.320 e. The summed E-state index contributed by atoms with van der Waals surface area (Å²) in [6, 6.07) is 0.785. The number of halogens is 2. The van der Waals surface area contributed by atoms with Crippen LogP contribution in [0.4, 0.5) is 20.2 Å². The van der Waals surface area contributed by atoms with Gasteiger partial charge < -0.3 is 5.32 Å². The molecule has 1 aromatic carbocycles. The average molecular weight is 230 g/mol. The van der Waals surface area contributed by atoms with Crippen molar-refractivity contribution in [3.63, 3.8) is 0 Å². The number of hydrogen-bond donors (Lipinski definition) is 1. The maximum atomic E-state index is 13.2. The van der Waals surface area contributed by atoms with Gasteiger partial charge in [-0.2, -0.15) is 4.39 Å². The molecule has 0 radical (unpaired) electrons. The summed E-state index contributed by atoms with van der Waals surface area (Å²) in [5.74, 6) is -3.50. The van der Waals surface area contributed by atoms with Gasteiger partial charge in [0.15, 0.2) is 5.82 Å². The third-order valence-corrected chi connectivity index (χ3v) is 1.88. The zero-order valence-corrected chi connectivity index (χ0v) is 8.51. The molecule has 0 aliphatic heterocycles. The lowest BCUT2D eigenvalue weighted by Gasteiger charge is -2.08. The molecule has 0 saturated carbocycles. The molecule has 0 unspecified atom stereocenters. The minimum atomic E-state index is -1.58. The summed E-state index contributed by atoms with van der Waals surface area (Å²) in [6.45, 7) is 2.45. The van der Waals surface area contributed by atoms with Gasteiger partial charge in [-0.3, -0.25) is 14.9 Å². The minimum absolute atomic E-state index is 0.0841. The number of nitro groups is 1. The second kappa shape index (κ2) is 4.21. The van der Waals surface area contributed by atoms with Crippen molar-refractivity contribution < 1.29 is 18.5 Å². The third kappa shape index (κ3) is 2.13. The summed E-state index contributed by atoms with van der Waals surface area (Å²) in [5, 5.41) is 12.7. The Bertz CT molecular complexity index is 474. The number of hydrogen-bond acceptors (Lipinski definition) is 3. The Kier molecular flexibility index (Phi) is 3.17. The number of amides is 1. The molecule has 0 atom stereocenters. The van der Waals surface area contributed by atoms with Gasteiger partial charge >= 0.3 is 5.69 Å². The largest absolute Gasteiger partial charge is 0.331 e. The Morgan fingerprint density at radius 1 is 1.50 bits per heavy atom. The third-order valence-electron chi connectivity index (χ3n) is 1.88. The van der Waals surface area contributed by atoms with E-state index < -0.39 is 28.2 Å². The predicted molar refractivity (Wildman–Crippen MR) is 52.1 cm³/mol. The van der Waals surface area contributed by atoms with Crippen molar-refractivity contribution in [3.8, 4) is 0 Å². The first-order chi connectivity index (χ1) is 7.34. The van der Waals surface area contributed by atoms with Crippen LogP contribution in [0.2, 0.25) is 0 Å². The Hall–Kier alpha value is -2.05. The number of anilines is 1. The molecular weight excluding hydrogens is 222 g/mol. The van der Waals surface area contributed by atoms with Gasteiger partial charge in [0.1, 0.15) is 5.69 Å². The number of nitrogens with zero attached hydrogens (tertiary/aromatic N) is 1. The number of carbonyl (C=O) groups is 1. The van der Waals surface area contributed by atoms with Crippen LogP contribution in [0.5, 0.6) is 0 Å². The first-order valence-corrected chi connectivity index (χ1v) is 4.25. The number of rotatable bonds is 2. The Labute approximate surface area is 89.2 Å². The van der Waals surface area contributed by atoms with Crippen LogP contribution in [0.3, 0.4) is 0 Å². The van der Waals surface area contributed by atoms with E-state index in [-0.39, 0.29) is 11.3 Å². The molecule has 1 N–H and O–H groups in total. The van der Waals surface area contributed by atoms with Crippen molar-refractivity contribution in [1.29, 1.82) is 0 Å². The summed E-state index contributed by atoms with van der Waals surface area (Å²) in [7, 11) is 0. The number of nitrogens with one attached hydrogen (secondary N) is 1. The van der Waals surface area contributed by atoms with Crippen LogP contribution in [0.15, 0.2) is 6.07 Å². The van der Waals surface area contributed by atoms with Gasteiger partial charge in [-0.25, -0.2) is 4.39 Å². The van der Waals surface area contributed by atoms with Crippen molar-refractivity contribution in [2.75, 3.05) is 5.32 Å². The average Bonchev–Trinajstić information content (AvgIpc) is 2.13. The number of carbonyl (C=O) groups excluding carboxylic acids is 1. The molecule has 86 valence electrons. The molecule has 1 rings (SSSR count). The fourth-order valence-electron chi connectivity index (χ4n) is 1.24. The number of nitro benzene ring substituents is 1. The quantitative estimate of drug-likeness (QED) is 0.624. The van der Waals surface area contributed by atoms with Crippen LogP contribution in [0.25, 0.3) is 0 Å². The summed E-state index contributed by atoms with van der Waals surface area (Å²) in [6.07, 6.45) is 0. The number of benzene rings is 1. The standard InChI is InChI=1S/C9H8F2N2O3/c1-4-3-6(10)7(11)9(13(15)16)8(4)12-5(2)14/h3H,1-2H3,(H,12,14). The van der Waals surface area contributed by atoms with Gasteiger partial charge in [0.2, 0.25) is 11.7 Å². The van der Waals surface area contributed by atoms with E-state index in [0.29, 0.717) is 0 Å². The number of aryl methyl sites for hydroxylation is 1. The van der Waals surface area contributed by atoms with Gasteiger partial charge in [0.25, 0.3) is 0 Å². The smallest absolute Gasteiger partial charge is 0.320 e. The predicted octanol–water partition coefficient (Wildman–Crippen LogP) is 2.14. The normalized spacial score (nSPS) is 10.0. The van der Waals surface area contributed by atoms with Crippen LogP contribution in [-0.2, 0) is 4.79 Å². The van der Waals surface area contributed by atoms with Crippen molar-refractivity contribution >= 4 is 17.3 Å². The lowest BCUT2D eigenvalue weighted by molar-refractivity contribution is -0.386. The highest BCUT2D eigenvalue weighted by molar-refractivity contribution is 5.92. The maximum Gasteiger partial charge on any atom is 0.331 e. The molecule has 0 aliphatic carbocycles. The van der Waals surface area contributed by atoms with Crippen LogP contribution >= 0.6 is 0 Å². The molecule has 0 spiro atoms. The van der Waals surface area contributed by atoms with Crippen molar-refractivity contribution in [1.82, 2.24) is 0 Å². The van der Waals surface area contributed by atoms with Crippen LogP contribution in [0.1, 0.15) is 12.5 Å². The summed E-state index contributed by atoms with van der Waals surface area (Å²) >= 11 is 0. The van der Waals surface area contributed by atoms with Crippen LogP contribution in [0, 0.1) is 28.7 Å². The fourth-order valence-corrected chi connectivity index (χ4v) is 1.24. The molecule has 1 aromatic rings. The van der Waals surface area contributed by atoms with Crippen molar-refractivity contribution in [2.45, 2.75) is 13.8 Å². The molecular formula is C9H8F2N2O3. The van der Waals surface area contributed by atoms with E-state index >= 15 is 0 Å². The molecule has 0 bridgehead atoms. The maximum absolute atomic E-state index is 13.2. The highest BCUT2D eigenvalue weighted by Crippen LogP contribution is 2.32. The van der Waals surface area contributed by atoms with Gasteiger partial charge in [-0.15, -0.1) is 0 Å². The second-order valence-electron chi connectivity index (χ2n) is 3.15. The van der Waals surface area contributed by atoms with Crippen molar-refractivity contribution in [2.24, 2.45) is 0 Å². The molecule has 0 fully saturated rings. The first-order valence-electron chi connectivity index (χ1n) is 4.25. The van der Waals surface area contributed by atoms with Crippen LogP contribution in [-0.4, -0.2) is 10.8 Å². The molecule has 0 heterocycles. The molecule has 0 saturated heterocycles. The summed E-state index contributed by atoms with van der Waals surface area (Å²) in [5.41, 5.74) is -1.30. The van der Waals surface area contributed by atoms with E-state index in [1.54, 1.807) is 0 Å². The molecule has 0 aliphatic rings. The van der Waals surface area contributed by atoms with Crippen LogP contribution < -0.4 is 5.32 Å². The topological polar surface area (TPSA) is 72.2 Å². The van der Waals surface area contributed by atoms with E-state index in [9.17, 15) is 23.7 Å². The van der Waals surface area contributed by atoms with Crippen molar-refractivity contribution in [3.05, 3.63) is 33.4 Å². The zero-order valence-electron chi connectivity index (χ0n) is 8.51. The molecule has 1 amide bonds. The van der Waals surface area contributed by atoms with Gasteiger partial charge in [-0.1, -0.05) is 0 Å². The second-order valence-corrected chi connectivity index (χ2v) is 3.15. The SMILES string of the molecule is CC(=O)Nc1c(C)cc(F)c(F)c1[N+](=O)[O-]. The van der Waals surface area contributed by atoms with Gasteiger partial charge in [0, 0.05) is 6.92 Å². The molecule has 0 aromatic heterocycles. The fraction of sp³-hybridized carbons (Fsp3) is 0.222. The lowest BCUT2D eigenvalue weighted by atomic mass is 10.1. The van der Waals surface area contributed by atoms with Gasteiger partial charge in [-0.05, 0) is 18.6 Å². The van der Waals surface area contributed by atoms with E-state index in [0.717, 1.165) is 13.0 Å². The first kappa shape index (κ1) is 12.0. The summed E-state index contributed by atoms with van der Waals surface area (Å²) < 4.78 is 26.1. The molecule has 7 heteroatoms. The van der Waals surface area contributed by atoms with E-state index in [2.05, 4.69) is 5.32 Å². The Morgan fingerprint density at radius 2 is 2.06 bits per heavy atom. The molecule has 16 heavy (non-hydrogen) atoms. The highest BCUT2D eigenvalue weighted by atomic mass is 19.2. The van der Waals surface area contributed by atoms with E-state index in [1.165, 1.54) is 6.92 Å². The highest BCUT2D eigenvalue weighted by Gasteiger charge is 2.26. The Balaban J connectivity index is 3.50. The van der Waals surface area contributed by atoms with E-state index in [1.807, 2.05) is 0 Å². The lowest BCUT2D eigenvalue weighted by Crippen LogP contribution is -2.11. The zero-order chi connectivity index (χ0) is 12.5. The van der Waals surface area contributed by atoms with Gasteiger partial charge in [0.05, 0.1) is 4.92 Å². The Morgan fingerprint density at radius 3 is 2.50 bits per heavy atom. The van der Waals surface area contributed by atoms with E-state index in [4.69, 9.17) is 0 Å². The monoisotopic (exact) mass is 230 g/mol. The summed E-state index contributed by atoms with van der Waals surface area (Å²) in [4.78, 5) is 20.3. The molecule has 5 nitrogen and oxygen atoms in total.